The summed E-state index contributed by atoms with van der Waals surface area (Å²) < 4.78 is 16.0. The first-order valence-corrected chi connectivity index (χ1v) is 10.1. The molecule has 0 bridgehead atoms. The van der Waals surface area contributed by atoms with E-state index >= 15 is 0 Å². The van der Waals surface area contributed by atoms with Gasteiger partial charge in [-0.05, 0) is 36.3 Å². The number of ether oxygens (including phenoxy) is 3. The van der Waals surface area contributed by atoms with Gasteiger partial charge in [-0.15, -0.1) is 0 Å². The van der Waals surface area contributed by atoms with Crippen LogP contribution in [0.3, 0.4) is 0 Å². The van der Waals surface area contributed by atoms with Gasteiger partial charge in [0, 0.05) is 11.1 Å². The first-order chi connectivity index (χ1) is 15.2. The predicted molar refractivity (Wildman–Crippen MR) is 122 cm³/mol. The highest BCUT2D eigenvalue weighted by atomic mass is 16.5. The molecule has 32 heavy (non-hydrogen) atoms. The first kappa shape index (κ1) is 22.9. The van der Waals surface area contributed by atoms with E-state index in [1.54, 1.807) is 24.5 Å². The van der Waals surface area contributed by atoms with Gasteiger partial charge in [-0.1, -0.05) is 20.8 Å². The molecule has 9 nitrogen and oxygen atoms in total. The molecule has 2 aromatic heterocycles. The lowest BCUT2D eigenvalue weighted by molar-refractivity contribution is 0.324. The molecule has 0 amide bonds. The van der Waals surface area contributed by atoms with Crippen LogP contribution in [-0.4, -0.2) is 41.3 Å². The largest absolute Gasteiger partial charge is 0.493 e. The topological polar surface area (TPSA) is 122 Å². The minimum absolute atomic E-state index is 0.0950. The Morgan fingerprint density at radius 2 is 1.50 bits per heavy atom. The standard InChI is InChI=1S/C23H28N4O5/c1-7-23(2,3)20-14(24-12-25-20)11-16-22(29)26-15(21(28)27-16)8-13-9-17(30-4)19(32-6)18(10-13)31-5/h8-12H,7H2,1-6H3,(H,24,25)(H,26,29)(H,27,28)/b15-8-,16-11-. The number of benzene rings is 1. The number of nitrogens with one attached hydrogen (secondary N) is 3. The summed E-state index contributed by atoms with van der Waals surface area (Å²) in [6.45, 7) is 6.24. The molecule has 0 unspecified atom stereocenters. The van der Waals surface area contributed by atoms with Crippen LogP contribution in [0.1, 0.15) is 44.1 Å². The van der Waals surface area contributed by atoms with Crippen LogP contribution in [0.4, 0.5) is 0 Å². The first-order valence-electron chi connectivity index (χ1n) is 10.1. The van der Waals surface area contributed by atoms with Crippen LogP contribution >= 0.6 is 0 Å². The Hall–Kier alpha value is -3.75. The Bertz CT molecular complexity index is 1320. The lowest BCUT2D eigenvalue weighted by Gasteiger charge is -2.21. The molecular formula is C23H28N4O5. The molecule has 0 saturated carbocycles. The lowest BCUT2D eigenvalue weighted by atomic mass is 9.85. The Balaban J connectivity index is 2.13. The zero-order valence-corrected chi connectivity index (χ0v) is 19.1. The lowest BCUT2D eigenvalue weighted by Crippen LogP contribution is -2.46. The average molecular weight is 441 g/mol. The van der Waals surface area contributed by atoms with E-state index in [4.69, 9.17) is 14.2 Å². The van der Waals surface area contributed by atoms with Gasteiger partial charge in [0.05, 0.1) is 33.4 Å². The molecule has 0 fully saturated rings. The number of nitrogens with zero attached hydrogens (tertiary/aromatic N) is 1. The number of H-pyrrole nitrogens is 3. The number of rotatable bonds is 7. The highest BCUT2D eigenvalue weighted by molar-refractivity contribution is 5.61. The van der Waals surface area contributed by atoms with Crippen molar-refractivity contribution in [3.63, 3.8) is 0 Å². The molecule has 0 aliphatic heterocycles. The summed E-state index contributed by atoms with van der Waals surface area (Å²) in [5, 5.41) is 0.217. The van der Waals surface area contributed by atoms with E-state index in [1.165, 1.54) is 27.4 Å². The van der Waals surface area contributed by atoms with Gasteiger partial charge >= 0.3 is 0 Å². The van der Waals surface area contributed by atoms with Crippen LogP contribution in [0.15, 0.2) is 28.0 Å². The molecule has 0 radical (unpaired) electrons. The maximum absolute atomic E-state index is 12.7. The Morgan fingerprint density at radius 3 is 2.00 bits per heavy atom. The zero-order valence-electron chi connectivity index (χ0n) is 19.1. The highest BCUT2D eigenvalue weighted by Gasteiger charge is 2.23. The number of aromatic amines is 3. The summed E-state index contributed by atoms with van der Waals surface area (Å²) in [7, 11) is 4.51. The van der Waals surface area contributed by atoms with Gasteiger partial charge in [0.25, 0.3) is 11.1 Å². The summed E-state index contributed by atoms with van der Waals surface area (Å²) in [5.41, 5.74) is 1.06. The second kappa shape index (κ2) is 9.17. The van der Waals surface area contributed by atoms with Gasteiger partial charge in [0.2, 0.25) is 5.75 Å². The van der Waals surface area contributed by atoms with Crippen molar-refractivity contribution >= 4 is 12.2 Å². The van der Waals surface area contributed by atoms with Crippen molar-refractivity contribution in [1.82, 2.24) is 19.9 Å². The molecule has 3 rings (SSSR count). The van der Waals surface area contributed by atoms with E-state index in [0.29, 0.717) is 28.5 Å². The minimum atomic E-state index is -0.448. The van der Waals surface area contributed by atoms with Crippen molar-refractivity contribution in [1.29, 1.82) is 0 Å². The van der Waals surface area contributed by atoms with Crippen LogP contribution in [0.2, 0.25) is 0 Å². The van der Waals surface area contributed by atoms with Crippen molar-refractivity contribution < 1.29 is 14.2 Å². The van der Waals surface area contributed by atoms with Crippen LogP contribution < -0.4 is 36.0 Å². The quantitative estimate of drug-likeness (QED) is 0.507. The van der Waals surface area contributed by atoms with E-state index in [2.05, 4.69) is 40.7 Å². The number of imidazole rings is 1. The third-order valence-electron chi connectivity index (χ3n) is 5.49. The van der Waals surface area contributed by atoms with Crippen molar-refractivity contribution in [3.05, 3.63) is 66.8 Å². The summed E-state index contributed by atoms with van der Waals surface area (Å²) in [4.78, 5) is 38.1. The fourth-order valence-corrected chi connectivity index (χ4v) is 3.32. The second-order valence-electron chi connectivity index (χ2n) is 7.88. The molecule has 0 atom stereocenters. The van der Waals surface area contributed by atoms with E-state index in [-0.39, 0.29) is 16.1 Å². The van der Waals surface area contributed by atoms with Gasteiger partial charge in [-0.3, -0.25) is 9.59 Å². The van der Waals surface area contributed by atoms with Crippen molar-refractivity contribution in [2.75, 3.05) is 21.3 Å². The maximum atomic E-state index is 12.7. The summed E-state index contributed by atoms with van der Waals surface area (Å²) in [6, 6.07) is 3.37. The molecule has 9 heteroatoms. The molecule has 0 aliphatic rings. The second-order valence-corrected chi connectivity index (χ2v) is 7.88. The fraction of sp³-hybridized carbons (Fsp3) is 0.348. The smallest absolute Gasteiger partial charge is 0.272 e. The van der Waals surface area contributed by atoms with Crippen LogP contribution in [0, 0.1) is 0 Å². The third kappa shape index (κ3) is 4.46. The van der Waals surface area contributed by atoms with Gasteiger partial charge in [-0.25, -0.2) is 4.98 Å². The van der Waals surface area contributed by atoms with E-state index in [1.807, 2.05) is 0 Å². The van der Waals surface area contributed by atoms with Crippen LogP contribution in [0.25, 0.3) is 12.2 Å². The minimum Gasteiger partial charge on any atom is -0.493 e. The molecule has 3 aromatic rings. The summed E-state index contributed by atoms with van der Waals surface area (Å²) >= 11 is 0. The van der Waals surface area contributed by atoms with Crippen LogP contribution in [-0.2, 0) is 5.41 Å². The molecule has 1 aromatic carbocycles. The van der Waals surface area contributed by atoms with E-state index < -0.39 is 11.1 Å². The molecule has 3 N–H and O–H groups in total. The number of hydrogen-bond donors (Lipinski definition) is 3. The Labute approximate surface area is 184 Å². The molecule has 170 valence electrons. The molecule has 0 saturated heterocycles. The SMILES string of the molecule is CCC(C)(C)c1[nH]cnc1/C=c1\[nH]c(=O)/c(=C/c2cc(OC)c(OC)c(OC)c2)[nH]c1=O. The summed E-state index contributed by atoms with van der Waals surface area (Å²) in [6.07, 6.45) is 5.57. The van der Waals surface area contributed by atoms with Crippen LogP contribution in [0.5, 0.6) is 17.2 Å². The zero-order chi connectivity index (χ0) is 23.5. The molecule has 2 heterocycles. The third-order valence-corrected chi connectivity index (χ3v) is 5.49. The number of hydrogen-bond acceptors (Lipinski definition) is 6. The van der Waals surface area contributed by atoms with E-state index in [9.17, 15) is 9.59 Å². The van der Waals surface area contributed by atoms with Crippen molar-refractivity contribution in [2.45, 2.75) is 32.6 Å². The average Bonchev–Trinajstić information content (AvgIpc) is 3.25. The number of methoxy groups -OCH3 is 3. The Morgan fingerprint density at radius 1 is 0.938 bits per heavy atom. The van der Waals surface area contributed by atoms with Gasteiger partial charge in [-0.2, -0.15) is 0 Å². The molecule has 0 spiro atoms. The molecular weight excluding hydrogens is 412 g/mol. The molecule has 0 aliphatic carbocycles. The van der Waals surface area contributed by atoms with Gasteiger partial charge < -0.3 is 29.2 Å². The maximum Gasteiger partial charge on any atom is 0.272 e. The van der Waals surface area contributed by atoms with Crippen molar-refractivity contribution in [2.24, 2.45) is 0 Å². The summed E-state index contributed by atoms with van der Waals surface area (Å²) in [5.74, 6) is 1.31. The van der Waals surface area contributed by atoms with E-state index in [0.717, 1.165) is 12.1 Å². The highest BCUT2D eigenvalue weighted by Crippen LogP contribution is 2.38. The van der Waals surface area contributed by atoms with Gasteiger partial charge in [0.15, 0.2) is 11.5 Å². The van der Waals surface area contributed by atoms with Gasteiger partial charge in [0.1, 0.15) is 10.7 Å². The predicted octanol–water partition coefficient (Wildman–Crippen LogP) is 1.16. The fourth-order valence-electron chi connectivity index (χ4n) is 3.32. The normalized spacial score (nSPS) is 12.8. The number of aromatic nitrogens is 4. The Kier molecular flexibility index (Phi) is 6.57. The van der Waals surface area contributed by atoms with Crippen molar-refractivity contribution in [3.8, 4) is 17.2 Å². The monoisotopic (exact) mass is 440 g/mol.